The van der Waals surface area contributed by atoms with E-state index in [1.54, 1.807) is 12.0 Å². The van der Waals surface area contributed by atoms with Crippen LogP contribution in [0.25, 0.3) is 10.9 Å². The summed E-state index contributed by atoms with van der Waals surface area (Å²) in [6.07, 6.45) is 7.80. The Morgan fingerprint density at radius 3 is 2.73 bits per heavy atom. The molecule has 6 nitrogen and oxygen atoms in total. The fourth-order valence-electron chi connectivity index (χ4n) is 5.07. The van der Waals surface area contributed by atoms with Crippen LogP contribution in [-0.2, 0) is 29.4 Å². The van der Waals surface area contributed by atoms with Gasteiger partial charge in [-0.3, -0.25) is 4.79 Å². The fraction of sp³-hybridized carbons (Fsp3) is 0.667. The molecule has 0 bridgehead atoms. The zero-order valence-corrected chi connectivity index (χ0v) is 20.9. The van der Waals surface area contributed by atoms with E-state index in [9.17, 15) is 9.90 Å². The third-order valence-corrected chi connectivity index (χ3v) is 7.27. The largest absolute Gasteiger partial charge is 0.390 e. The van der Waals surface area contributed by atoms with Crippen molar-refractivity contribution in [2.24, 2.45) is 24.6 Å². The van der Waals surface area contributed by atoms with Gasteiger partial charge in [-0.1, -0.05) is 19.9 Å². The van der Waals surface area contributed by atoms with Crippen LogP contribution in [0.2, 0.25) is 0 Å². The van der Waals surface area contributed by atoms with E-state index in [4.69, 9.17) is 10.5 Å². The molecule has 0 aliphatic carbocycles. The molecule has 1 saturated heterocycles. The van der Waals surface area contributed by atoms with Gasteiger partial charge in [0.2, 0.25) is 5.91 Å². The standard InChI is InChI=1S/C27H43N3O3/c1-19(2)22(16-24(28)26(31)18-30-12-6-5-9-27(30)32)14-20-10-11-25-23(15-20)21(17-29(25)3)8-7-13-33-4/h10-11,15,17,19,22,24,26,31H,5-9,12-14,16,18,28H2,1-4H3. The fourth-order valence-corrected chi connectivity index (χ4v) is 5.07. The van der Waals surface area contributed by atoms with Crippen LogP contribution in [0.5, 0.6) is 0 Å². The van der Waals surface area contributed by atoms with Gasteiger partial charge in [0.05, 0.1) is 6.10 Å². The van der Waals surface area contributed by atoms with Crippen LogP contribution >= 0.6 is 0 Å². The number of fused-ring (bicyclic) bond motifs is 1. The minimum Gasteiger partial charge on any atom is -0.390 e. The molecule has 2 heterocycles. The molecule has 1 fully saturated rings. The van der Waals surface area contributed by atoms with Crippen LogP contribution in [0.3, 0.4) is 0 Å². The van der Waals surface area contributed by atoms with Crippen molar-refractivity contribution in [3.63, 3.8) is 0 Å². The molecule has 0 spiro atoms. The van der Waals surface area contributed by atoms with Crippen LogP contribution in [0.4, 0.5) is 0 Å². The monoisotopic (exact) mass is 457 g/mol. The van der Waals surface area contributed by atoms with E-state index < -0.39 is 6.10 Å². The molecule has 3 N–H and O–H groups in total. The Morgan fingerprint density at radius 2 is 2.03 bits per heavy atom. The van der Waals surface area contributed by atoms with Crippen molar-refractivity contribution in [1.29, 1.82) is 0 Å². The summed E-state index contributed by atoms with van der Waals surface area (Å²) in [5.74, 6) is 0.961. The van der Waals surface area contributed by atoms with E-state index in [0.717, 1.165) is 51.7 Å². The topological polar surface area (TPSA) is 80.7 Å². The highest BCUT2D eigenvalue weighted by Gasteiger charge is 2.27. The highest BCUT2D eigenvalue weighted by atomic mass is 16.5. The SMILES string of the molecule is COCCCc1cn(C)c2ccc(CC(CC(N)C(O)CN3CCCCC3=O)C(C)C)cc12. The van der Waals surface area contributed by atoms with E-state index in [1.165, 1.54) is 22.0 Å². The number of methoxy groups -OCH3 is 1. The molecule has 0 saturated carbocycles. The van der Waals surface area contributed by atoms with Crippen molar-refractivity contribution in [2.75, 3.05) is 26.8 Å². The quantitative estimate of drug-likeness (QED) is 0.477. The lowest BCUT2D eigenvalue weighted by atomic mass is 9.83. The number of piperidine rings is 1. The Kier molecular flexibility index (Phi) is 9.36. The molecule has 1 aromatic heterocycles. The smallest absolute Gasteiger partial charge is 0.222 e. The van der Waals surface area contributed by atoms with Crippen molar-refractivity contribution >= 4 is 16.8 Å². The van der Waals surface area contributed by atoms with Crippen LogP contribution in [0.15, 0.2) is 24.4 Å². The van der Waals surface area contributed by atoms with Crippen molar-refractivity contribution in [3.8, 4) is 0 Å². The number of aromatic nitrogens is 1. The second kappa shape index (κ2) is 12.0. The van der Waals surface area contributed by atoms with E-state index in [1.807, 2.05) is 0 Å². The summed E-state index contributed by atoms with van der Waals surface area (Å²) in [5.41, 5.74) is 10.4. The van der Waals surface area contributed by atoms with Gasteiger partial charge in [-0.2, -0.15) is 0 Å². The Morgan fingerprint density at radius 1 is 1.24 bits per heavy atom. The maximum absolute atomic E-state index is 12.1. The average Bonchev–Trinajstić information content (AvgIpc) is 3.09. The lowest BCUT2D eigenvalue weighted by Crippen LogP contribution is -2.48. The average molecular weight is 458 g/mol. The summed E-state index contributed by atoms with van der Waals surface area (Å²) in [4.78, 5) is 13.9. The van der Waals surface area contributed by atoms with Crippen molar-refractivity contribution in [3.05, 3.63) is 35.5 Å². The number of aliphatic hydroxyl groups excluding tert-OH is 1. The number of β-amino-alcohol motifs (C(OH)–C–C–N with tert-alkyl or cyclic N) is 1. The predicted octanol–water partition coefficient (Wildman–Crippen LogP) is 3.66. The molecule has 1 aromatic carbocycles. The number of hydrogen-bond acceptors (Lipinski definition) is 4. The molecule has 1 aliphatic rings. The lowest BCUT2D eigenvalue weighted by molar-refractivity contribution is -0.135. The van der Waals surface area contributed by atoms with Gasteiger partial charge in [-0.05, 0) is 73.6 Å². The lowest BCUT2D eigenvalue weighted by Gasteiger charge is -2.32. The Balaban J connectivity index is 1.67. The number of rotatable bonds is 12. The second-order valence-electron chi connectivity index (χ2n) is 10.2. The maximum atomic E-state index is 12.1. The van der Waals surface area contributed by atoms with Gasteiger partial charge in [-0.15, -0.1) is 0 Å². The molecule has 1 amide bonds. The predicted molar refractivity (Wildman–Crippen MR) is 134 cm³/mol. The molecule has 184 valence electrons. The number of aryl methyl sites for hydroxylation is 2. The third-order valence-electron chi connectivity index (χ3n) is 7.27. The molecule has 33 heavy (non-hydrogen) atoms. The van der Waals surface area contributed by atoms with Crippen LogP contribution < -0.4 is 5.73 Å². The minimum absolute atomic E-state index is 0.144. The number of likely N-dealkylation sites (tertiary alicyclic amines) is 1. The van der Waals surface area contributed by atoms with Gasteiger partial charge in [-0.25, -0.2) is 0 Å². The first-order chi connectivity index (χ1) is 15.8. The van der Waals surface area contributed by atoms with Crippen LogP contribution in [0.1, 0.15) is 57.1 Å². The van der Waals surface area contributed by atoms with Crippen molar-refractivity contribution < 1.29 is 14.6 Å². The zero-order valence-electron chi connectivity index (χ0n) is 20.9. The van der Waals surface area contributed by atoms with Gasteiger partial charge in [0.1, 0.15) is 0 Å². The first-order valence-electron chi connectivity index (χ1n) is 12.6. The Hall–Kier alpha value is -1.89. The molecular weight excluding hydrogens is 414 g/mol. The first-order valence-corrected chi connectivity index (χ1v) is 12.6. The van der Waals surface area contributed by atoms with E-state index >= 15 is 0 Å². The van der Waals surface area contributed by atoms with Gasteiger partial charge < -0.3 is 25.0 Å². The molecule has 1 aliphatic heterocycles. The molecule has 6 heteroatoms. The molecule has 0 radical (unpaired) electrons. The third kappa shape index (κ3) is 6.81. The first kappa shape index (κ1) is 25.7. The number of carbonyl (C=O) groups is 1. The molecule has 3 rings (SSSR count). The summed E-state index contributed by atoms with van der Waals surface area (Å²) >= 11 is 0. The number of benzene rings is 1. The number of aliphatic hydroxyl groups is 1. The Bertz CT molecular complexity index is 907. The molecular formula is C27H43N3O3. The number of nitrogens with two attached hydrogens (primary N) is 1. The van der Waals surface area contributed by atoms with Gasteiger partial charge in [0, 0.05) is 63.4 Å². The molecule has 2 aromatic rings. The summed E-state index contributed by atoms with van der Waals surface area (Å²) in [7, 11) is 3.85. The van der Waals surface area contributed by atoms with Crippen LogP contribution in [-0.4, -0.2) is 59.4 Å². The summed E-state index contributed by atoms with van der Waals surface area (Å²) in [5, 5.41) is 12.1. The summed E-state index contributed by atoms with van der Waals surface area (Å²) in [6.45, 7) is 6.32. The minimum atomic E-state index is -0.683. The number of nitrogens with zero attached hydrogens (tertiary/aromatic N) is 2. The van der Waals surface area contributed by atoms with Crippen molar-refractivity contribution in [2.45, 2.75) is 70.9 Å². The van der Waals surface area contributed by atoms with Crippen molar-refractivity contribution in [1.82, 2.24) is 9.47 Å². The number of ether oxygens (including phenoxy) is 1. The Labute approximate surface area is 199 Å². The maximum Gasteiger partial charge on any atom is 0.222 e. The van der Waals surface area contributed by atoms with Gasteiger partial charge in [0.25, 0.3) is 0 Å². The van der Waals surface area contributed by atoms with Gasteiger partial charge in [0.15, 0.2) is 0 Å². The van der Waals surface area contributed by atoms with E-state index in [2.05, 4.69) is 49.9 Å². The highest BCUT2D eigenvalue weighted by Crippen LogP contribution is 2.28. The van der Waals surface area contributed by atoms with Crippen LogP contribution in [0, 0.1) is 11.8 Å². The van der Waals surface area contributed by atoms with Gasteiger partial charge >= 0.3 is 0 Å². The number of hydrogen-bond donors (Lipinski definition) is 2. The summed E-state index contributed by atoms with van der Waals surface area (Å²) < 4.78 is 7.44. The summed E-state index contributed by atoms with van der Waals surface area (Å²) in [6, 6.07) is 6.45. The van der Waals surface area contributed by atoms with E-state index in [0.29, 0.717) is 24.8 Å². The number of amides is 1. The molecule has 3 atom stereocenters. The number of carbonyl (C=O) groups excluding carboxylic acids is 1. The van der Waals surface area contributed by atoms with E-state index in [-0.39, 0.29) is 11.9 Å². The zero-order chi connectivity index (χ0) is 24.0. The molecule has 3 unspecified atom stereocenters. The second-order valence-corrected chi connectivity index (χ2v) is 10.2. The normalized spacial score (nSPS) is 17.7. The highest BCUT2D eigenvalue weighted by molar-refractivity contribution is 5.84.